The molecule has 0 bridgehead atoms. The lowest BCUT2D eigenvalue weighted by molar-refractivity contribution is -0.128. The van der Waals surface area contributed by atoms with Gasteiger partial charge in [-0.2, -0.15) is 0 Å². The number of rotatable bonds is 4. The quantitative estimate of drug-likeness (QED) is 0.682. The van der Waals surface area contributed by atoms with Crippen LogP contribution in [-0.2, 0) is 16.0 Å². The summed E-state index contributed by atoms with van der Waals surface area (Å²) < 4.78 is 5.47. The zero-order valence-corrected chi connectivity index (χ0v) is 12.7. The second kappa shape index (κ2) is 8.17. The third kappa shape index (κ3) is 4.68. The van der Waals surface area contributed by atoms with E-state index < -0.39 is 0 Å². The van der Waals surface area contributed by atoms with Gasteiger partial charge in [0.2, 0.25) is 0 Å². The van der Waals surface area contributed by atoms with Crippen LogP contribution >= 0.6 is 11.3 Å². The fourth-order valence-corrected chi connectivity index (χ4v) is 2.69. The summed E-state index contributed by atoms with van der Waals surface area (Å²) in [6, 6.07) is 14.8. The van der Waals surface area contributed by atoms with Crippen molar-refractivity contribution in [3.63, 3.8) is 0 Å². The first-order valence-corrected chi connectivity index (χ1v) is 7.62. The average Bonchev–Trinajstić information content (AvgIpc) is 2.97. The van der Waals surface area contributed by atoms with Crippen LogP contribution in [0.1, 0.15) is 18.2 Å². The minimum Gasteiger partial charge on any atom is -0.468 e. The molecule has 0 atom stereocenters. The molecule has 0 aliphatic rings. The van der Waals surface area contributed by atoms with E-state index in [0.717, 1.165) is 12.1 Å². The van der Waals surface area contributed by atoms with Crippen LogP contribution in [0.5, 0.6) is 0 Å². The van der Waals surface area contributed by atoms with E-state index in [0.29, 0.717) is 13.1 Å². The molecule has 21 heavy (non-hydrogen) atoms. The van der Waals surface area contributed by atoms with Crippen LogP contribution in [0.25, 0.3) is 10.1 Å². The maximum Gasteiger partial charge on any atom is 0.293 e. The lowest BCUT2D eigenvalue weighted by Crippen LogP contribution is -1.90. The van der Waals surface area contributed by atoms with Gasteiger partial charge in [0.05, 0.1) is 6.61 Å². The van der Waals surface area contributed by atoms with E-state index >= 15 is 0 Å². The number of carbonyl (C=O) groups excluding carboxylic acids is 1. The van der Waals surface area contributed by atoms with E-state index in [4.69, 9.17) is 0 Å². The number of aromatic nitrogens is 1. The van der Waals surface area contributed by atoms with Gasteiger partial charge in [0.1, 0.15) is 0 Å². The predicted molar refractivity (Wildman–Crippen MR) is 86.6 cm³/mol. The summed E-state index contributed by atoms with van der Waals surface area (Å²) in [7, 11) is 0. The highest BCUT2D eigenvalue weighted by Crippen LogP contribution is 2.21. The Morgan fingerprint density at radius 3 is 2.71 bits per heavy atom. The number of hydrogen-bond acceptors (Lipinski definition) is 4. The number of hydrogen-bond donors (Lipinski definition) is 0. The molecule has 0 saturated heterocycles. The summed E-state index contributed by atoms with van der Waals surface area (Å²) in [5.41, 5.74) is 2.45. The van der Waals surface area contributed by atoms with Crippen LogP contribution < -0.4 is 0 Å². The van der Waals surface area contributed by atoms with E-state index in [9.17, 15) is 4.79 Å². The van der Waals surface area contributed by atoms with Crippen molar-refractivity contribution >= 4 is 27.9 Å². The molecule has 0 saturated carbocycles. The van der Waals surface area contributed by atoms with Crippen molar-refractivity contribution in [1.29, 1.82) is 0 Å². The lowest BCUT2D eigenvalue weighted by Gasteiger charge is -2.00. The average molecular weight is 299 g/mol. The van der Waals surface area contributed by atoms with E-state index in [1.54, 1.807) is 18.3 Å². The Morgan fingerprint density at radius 1 is 1.24 bits per heavy atom. The Kier molecular flexibility index (Phi) is 5.91. The Morgan fingerprint density at radius 2 is 2.05 bits per heavy atom. The van der Waals surface area contributed by atoms with Crippen LogP contribution in [0.3, 0.4) is 0 Å². The van der Waals surface area contributed by atoms with Crippen molar-refractivity contribution in [3.8, 4) is 0 Å². The Balaban J connectivity index is 0.000000282. The molecule has 0 unspecified atom stereocenters. The number of thiophene rings is 1. The van der Waals surface area contributed by atoms with Crippen LogP contribution in [0.15, 0.2) is 54.0 Å². The van der Waals surface area contributed by atoms with Gasteiger partial charge < -0.3 is 4.74 Å². The molecule has 0 aliphatic heterocycles. The molecule has 108 valence electrons. The number of pyridine rings is 1. The van der Waals surface area contributed by atoms with E-state index in [-0.39, 0.29) is 0 Å². The minimum atomic E-state index is 0.431. The monoisotopic (exact) mass is 299 g/mol. The summed E-state index contributed by atoms with van der Waals surface area (Å²) in [5.74, 6) is 0. The fourth-order valence-electron chi connectivity index (χ4n) is 1.87. The fraction of sp³-hybridized carbons (Fsp3) is 0.176. The van der Waals surface area contributed by atoms with E-state index in [1.165, 1.54) is 15.6 Å². The maximum atomic E-state index is 9.18. The maximum absolute atomic E-state index is 9.18. The van der Waals surface area contributed by atoms with E-state index in [2.05, 4.69) is 51.5 Å². The Labute approximate surface area is 128 Å². The van der Waals surface area contributed by atoms with Crippen LogP contribution in [-0.4, -0.2) is 18.1 Å². The molecule has 3 rings (SSSR count). The van der Waals surface area contributed by atoms with Gasteiger partial charge in [-0.15, -0.1) is 11.3 Å². The van der Waals surface area contributed by atoms with Gasteiger partial charge in [-0.05, 0) is 30.0 Å². The summed E-state index contributed by atoms with van der Waals surface area (Å²) in [6.45, 7) is 2.66. The SMILES string of the molecule is CCOC=O.c1ccc(Cc2cc3sccc3cn2)cc1. The van der Waals surface area contributed by atoms with Crippen molar-refractivity contribution in [2.45, 2.75) is 13.3 Å². The highest BCUT2D eigenvalue weighted by Gasteiger charge is 2.00. The summed E-state index contributed by atoms with van der Waals surface area (Å²) >= 11 is 1.77. The number of benzene rings is 1. The largest absolute Gasteiger partial charge is 0.468 e. The van der Waals surface area contributed by atoms with Gasteiger partial charge in [0.25, 0.3) is 6.47 Å². The predicted octanol–water partition coefficient (Wildman–Crippen LogP) is 4.07. The molecule has 1 aromatic carbocycles. The summed E-state index contributed by atoms with van der Waals surface area (Å²) in [4.78, 5) is 13.7. The van der Waals surface area contributed by atoms with Gasteiger partial charge in [0, 0.05) is 28.4 Å². The topological polar surface area (TPSA) is 39.2 Å². The Hall–Kier alpha value is -2.20. The molecule has 4 heteroatoms. The number of ether oxygens (including phenoxy) is 1. The number of fused-ring (bicyclic) bond motifs is 1. The molecular weight excluding hydrogens is 282 g/mol. The van der Waals surface area contributed by atoms with Gasteiger partial charge in [-0.3, -0.25) is 9.78 Å². The number of carbonyl (C=O) groups is 1. The van der Waals surface area contributed by atoms with Crippen molar-refractivity contribution in [2.24, 2.45) is 0 Å². The zero-order valence-electron chi connectivity index (χ0n) is 11.9. The van der Waals surface area contributed by atoms with Crippen molar-refractivity contribution in [2.75, 3.05) is 6.61 Å². The minimum absolute atomic E-state index is 0.431. The third-order valence-electron chi connectivity index (χ3n) is 2.86. The molecule has 2 aromatic heterocycles. The molecule has 0 amide bonds. The van der Waals surface area contributed by atoms with Crippen LogP contribution in [0.2, 0.25) is 0 Å². The van der Waals surface area contributed by atoms with Gasteiger partial charge >= 0.3 is 0 Å². The van der Waals surface area contributed by atoms with Crippen LogP contribution in [0.4, 0.5) is 0 Å². The molecular formula is C17H17NO2S. The molecule has 0 aliphatic carbocycles. The first-order chi connectivity index (χ1) is 10.3. The molecule has 0 N–H and O–H groups in total. The second-order valence-electron chi connectivity index (χ2n) is 4.35. The van der Waals surface area contributed by atoms with Crippen molar-refractivity contribution in [3.05, 3.63) is 65.3 Å². The zero-order chi connectivity index (χ0) is 14.9. The summed E-state index contributed by atoms with van der Waals surface area (Å²) in [5, 5.41) is 3.35. The molecule has 3 nitrogen and oxygen atoms in total. The lowest BCUT2D eigenvalue weighted by atomic mass is 10.1. The molecule has 0 fully saturated rings. The second-order valence-corrected chi connectivity index (χ2v) is 5.30. The first kappa shape index (κ1) is 15.2. The highest BCUT2D eigenvalue weighted by atomic mass is 32.1. The first-order valence-electron chi connectivity index (χ1n) is 6.74. The van der Waals surface area contributed by atoms with Gasteiger partial charge in [-0.25, -0.2) is 0 Å². The highest BCUT2D eigenvalue weighted by molar-refractivity contribution is 7.17. The molecule has 3 aromatic rings. The summed E-state index contributed by atoms with van der Waals surface area (Å²) in [6.07, 6.45) is 2.87. The normalized spacial score (nSPS) is 9.76. The van der Waals surface area contributed by atoms with Gasteiger partial charge in [-0.1, -0.05) is 30.3 Å². The number of nitrogens with zero attached hydrogens (tertiary/aromatic N) is 1. The van der Waals surface area contributed by atoms with Crippen LogP contribution in [0, 0.1) is 0 Å². The Bertz CT molecular complexity index is 679. The smallest absolute Gasteiger partial charge is 0.293 e. The third-order valence-corrected chi connectivity index (χ3v) is 3.74. The van der Waals surface area contributed by atoms with Crippen molar-refractivity contribution in [1.82, 2.24) is 4.98 Å². The van der Waals surface area contributed by atoms with Gasteiger partial charge in [0.15, 0.2) is 0 Å². The molecule has 0 spiro atoms. The van der Waals surface area contributed by atoms with Crippen molar-refractivity contribution < 1.29 is 9.53 Å². The molecule has 0 radical (unpaired) electrons. The standard InChI is InChI=1S/C14H11NS.C3H6O2/c1-2-4-11(5-3-1)8-13-9-14-12(10-15-13)6-7-16-14;1-2-5-3-4/h1-7,9-10H,8H2;3H,2H2,1H3. The molecule has 2 heterocycles. The van der Waals surface area contributed by atoms with E-state index in [1.807, 2.05) is 12.3 Å².